The molecule has 5 aliphatic rings. The summed E-state index contributed by atoms with van der Waals surface area (Å²) in [6.07, 6.45) is 8.16. The SMILES string of the molecule is CC1(C)CCC2(C(=O)O)CCC3(CO)C(=CCC4C5(C)CC(O)C(O)C(C)(C)C5CCC43C)C2C1. The van der Waals surface area contributed by atoms with Gasteiger partial charge >= 0.3 is 5.97 Å². The van der Waals surface area contributed by atoms with Crippen molar-refractivity contribution >= 4 is 5.97 Å². The van der Waals surface area contributed by atoms with Gasteiger partial charge in [0.2, 0.25) is 0 Å². The molecule has 0 aromatic heterocycles. The molecule has 0 amide bonds. The average molecular weight is 489 g/mol. The van der Waals surface area contributed by atoms with Gasteiger partial charge in [-0.05, 0) is 97.2 Å². The number of carboxylic acids is 1. The van der Waals surface area contributed by atoms with Crippen LogP contribution in [0.15, 0.2) is 11.6 Å². The van der Waals surface area contributed by atoms with Gasteiger partial charge in [0, 0.05) is 5.41 Å². The van der Waals surface area contributed by atoms with Crippen LogP contribution in [-0.2, 0) is 4.79 Å². The molecule has 0 aromatic carbocycles. The van der Waals surface area contributed by atoms with Gasteiger partial charge in [0.15, 0.2) is 0 Å². The minimum absolute atomic E-state index is 0.0248. The molecule has 0 bridgehead atoms. The summed E-state index contributed by atoms with van der Waals surface area (Å²) in [7, 11) is 0. The molecular formula is C30H48O5. The van der Waals surface area contributed by atoms with Crippen molar-refractivity contribution in [2.24, 2.45) is 50.2 Å². The van der Waals surface area contributed by atoms with Crippen molar-refractivity contribution < 1.29 is 25.2 Å². The number of aliphatic hydroxyl groups excluding tert-OH is 3. The number of carbonyl (C=O) groups is 1. The molecule has 9 unspecified atom stereocenters. The Balaban J connectivity index is 1.64. The van der Waals surface area contributed by atoms with Crippen molar-refractivity contribution in [2.45, 2.75) is 112 Å². The van der Waals surface area contributed by atoms with Crippen LogP contribution in [0.4, 0.5) is 0 Å². The zero-order valence-corrected chi connectivity index (χ0v) is 22.7. The molecule has 35 heavy (non-hydrogen) atoms. The lowest BCUT2D eigenvalue weighted by Crippen LogP contribution is -2.68. The molecule has 5 aliphatic carbocycles. The third kappa shape index (κ3) is 3.07. The Kier molecular flexibility index (Phi) is 5.56. The molecule has 0 heterocycles. The number of allylic oxidation sites excluding steroid dienone is 1. The van der Waals surface area contributed by atoms with Crippen LogP contribution < -0.4 is 0 Å². The molecular weight excluding hydrogens is 440 g/mol. The summed E-state index contributed by atoms with van der Waals surface area (Å²) in [5.41, 5.74) is -0.476. The number of hydrogen-bond acceptors (Lipinski definition) is 4. The van der Waals surface area contributed by atoms with Gasteiger partial charge in [-0.2, -0.15) is 0 Å². The smallest absolute Gasteiger partial charge is 0.310 e. The Morgan fingerprint density at radius 2 is 1.60 bits per heavy atom. The molecule has 0 saturated heterocycles. The van der Waals surface area contributed by atoms with E-state index in [4.69, 9.17) is 0 Å². The summed E-state index contributed by atoms with van der Waals surface area (Å²) in [5.74, 6) is -0.102. The van der Waals surface area contributed by atoms with Gasteiger partial charge in [0.25, 0.3) is 0 Å². The first kappa shape index (κ1) is 25.7. The maximum atomic E-state index is 12.8. The minimum Gasteiger partial charge on any atom is -0.481 e. The summed E-state index contributed by atoms with van der Waals surface area (Å²) < 4.78 is 0. The van der Waals surface area contributed by atoms with Crippen LogP contribution >= 0.6 is 0 Å². The van der Waals surface area contributed by atoms with Crippen LogP contribution in [0.5, 0.6) is 0 Å². The molecule has 0 aliphatic heterocycles. The third-order valence-corrected chi connectivity index (χ3v) is 12.9. The molecule has 5 heteroatoms. The van der Waals surface area contributed by atoms with E-state index in [1.54, 1.807) is 0 Å². The first-order valence-electron chi connectivity index (χ1n) is 14.0. The normalized spacial score (nSPS) is 52.3. The summed E-state index contributed by atoms with van der Waals surface area (Å²) >= 11 is 0. The van der Waals surface area contributed by atoms with Gasteiger partial charge in [-0.15, -0.1) is 0 Å². The predicted molar refractivity (Wildman–Crippen MR) is 135 cm³/mol. The van der Waals surface area contributed by atoms with Crippen LogP contribution in [0.25, 0.3) is 0 Å². The molecule has 9 atom stereocenters. The lowest BCUT2D eigenvalue weighted by molar-refractivity contribution is -0.237. The summed E-state index contributed by atoms with van der Waals surface area (Å²) in [4.78, 5) is 12.8. The highest BCUT2D eigenvalue weighted by Gasteiger charge is 2.71. The van der Waals surface area contributed by atoms with Crippen molar-refractivity contribution in [1.82, 2.24) is 0 Å². The molecule has 5 nitrogen and oxygen atoms in total. The van der Waals surface area contributed by atoms with Crippen LogP contribution in [0.3, 0.4) is 0 Å². The Morgan fingerprint density at radius 3 is 2.23 bits per heavy atom. The second-order valence-electron chi connectivity index (χ2n) is 15.1. The zero-order valence-electron chi connectivity index (χ0n) is 22.7. The van der Waals surface area contributed by atoms with E-state index in [9.17, 15) is 25.2 Å². The third-order valence-electron chi connectivity index (χ3n) is 12.9. The number of hydrogen-bond donors (Lipinski definition) is 4. The van der Waals surface area contributed by atoms with Gasteiger partial charge in [0.05, 0.1) is 24.2 Å². The Morgan fingerprint density at radius 1 is 0.943 bits per heavy atom. The lowest BCUT2D eigenvalue weighted by Gasteiger charge is -2.71. The first-order valence-corrected chi connectivity index (χ1v) is 14.0. The quantitative estimate of drug-likeness (QED) is 0.402. The van der Waals surface area contributed by atoms with Crippen LogP contribution in [0.2, 0.25) is 0 Å². The van der Waals surface area contributed by atoms with Crippen LogP contribution in [-0.4, -0.2) is 45.2 Å². The Labute approximate surface area is 211 Å². The van der Waals surface area contributed by atoms with Crippen LogP contribution in [0.1, 0.15) is 99.3 Å². The largest absolute Gasteiger partial charge is 0.481 e. The second-order valence-corrected chi connectivity index (χ2v) is 15.1. The molecule has 5 rings (SSSR count). The fraction of sp³-hybridized carbons (Fsp3) is 0.900. The summed E-state index contributed by atoms with van der Waals surface area (Å²) in [5, 5.41) is 43.6. The molecule has 0 spiro atoms. The fourth-order valence-corrected chi connectivity index (χ4v) is 10.9. The number of rotatable bonds is 2. The summed E-state index contributed by atoms with van der Waals surface area (Å²) in [6.45, 7) is 13.5. The summed E-state index contributed by atoms with van der Waals surface area (Å²) in [6, 6.07) is 0. The first-order chi connectivity index (χ1) is 16.1. The predicted octanol–water partition coefficient (Wildman–Crippen LogP) is 5.18. The maximum Gasteiger partial charge on any atom is 0.310 e. The lowest BCUT2D eigenvalue weighted by atomic mass is 9.33. The highest BCUT2D eigenvalue weighted by atomic mass is 16.4. The van der Waals surface area contributed by atoms with E-state index in [-0.39, 0.29) is 40.1 Å². The van der Waals surface area contributed by atoms with Gasteiger partial charge in [0.1, 0.15) is 0 Å². The van der Waals surface area contributed by atoms with E-state index < -0.39 is 29.0 Å². The van der Waals surface area contributed by atoms with E-state index in [0.29, 0.717) is 18.8 Å². The Hall–Kier alpha value is -0.910. The monoisotopic (exact) mass is 488 g/mol. The minimum atomic E-state index is -0.741. The second kappa shape index (κ2) is 7.57. The molecule has 198 valence electrons. The number of aliphatic hydroxyl groups is 3. The van der Waals surface area contributed by atoms with Crippen LogP contribution in [0, 0.1) is 50.2 Å². The van der Waals surface area contributed by atoms with Crippen molar-refractivity contribution in [1.29, 1.82) is 0 Å². The molecule has 4 N–H and O–H groups in total. The van der Waals surface area contributed by atoms with E-state index in [1.165, 1.54) is 5.57 Å². The zero-order chi connectivity index (χ0) is 25.8. The van der Waals surface area contributed by atoms with E-state index in [2.05, 4.69) is 47.6 Å². The topological polar surface area (TPSA) is 98.0 Å². The fourth-order valence-electron chi connectivity index (χ4n) is 10.9. The maximum absolute atomic E-state index is 12.8. The van der Waals surface area contributed by atoms with Gasteiger partial charge < -0.3 is 20.4 Å². The van der Waals surface area contributed by atoms with Gasteiger partial charge in [-0.25, -0.2) is 0 Å². The Bertz CT molecular complexity index is 937. The molecule has 0 radical (unpaired) electrons. The van der Waals surface area contributed by atoms with Gasteiger partial charge in [-0.3, -0.25) is 4.79 Å². The highest BCUT2D eigenvalue weighted by Crippen LogP contribution is 2.75. The van der Waals surface area contributed by atoms with Crippen molar-refractivity contribution in [3.63, 3.8) is 0 Å². The van der Waals surface area contributed by atoms with Crippen molar-refractivity contribution in [3.05, 3.63) is 11.6 Å². The molecule has 4 fully saturated rings. The van der Waals surface area contributed by atoms with Gasteiger partial charge in [-0.1, -0.05) is 53.2 Å². The van der Waals surface area contributed by atoms with E-state index in [0.717, 1.165) is 44.9 Å². The number of carboxylic acid groups (broad SMARTS) is 1. The standard InChI is InChI=1S/C30H48O5/c1-25(2)11-12-29(24(34)35)13-14-30(17-31)18(19(29)15-25)7-8-22-27(5)16-20(32)23(33)26(3,4)21(27)9-10-28(22,30)6/h7,19-23,31-33H,8-17H2,1-6H3,(H,34,35). The molecule has 0 aromatic rings. The van der Waals surface area contributed by atoms with E-state index in [1.807, 2.05) is 0 Å². The number of aliphatic carboxylic acids is 1. The molecule has 4 saturated carbocycles. The van der Waals surface area contributed by atoms with Crippen molar-refractivity contribution in [3.8, 4) is 0 Å². The average Bonchev–Trinajstić information content (AvgIpc) is 2.76. The van der Waals surface area contributed by atoms with Crippen molar-refractivity contribution in [2.75, 3.05) is 6.61 Å². The highest BCUT2D eigenvalue weighted by molar-refractivity contribution is 5.76. The van der Waals surface area contributed by atoms with E-state index >= 15 is 0 Å². The number of fused-ring (bicyclic) bond motifs is 7.